The highest BCUT2D eigenvalue weighted by Gasteiger charge is 2.40. The van der Waals surface area contributed by atoms with Gasteiger partial charge in [0.1, 0.15) is 0 Å². The lowest BCUT2D eigenvalue weighted by Crippen LogP contribution is -2.66. The molecule has 2 aliphatic rings. The lowest BCUT2D eigenvalue weighted by atomic mass is 10.1. The molecule has 2 aliphatic heterocycles. The summed E-state index contributed by atoms with van der Waals surface area (Å²) in [5.74, 6) is -1.21. The topological polar surface area (TPSA) is 86.8 Å². The van der Waals surface area contributed by atoms with Crippen LogP contribution >= 0.6 is 0 Å². The number of sulfone groups is 1. The zero-order valence-electron chi connectivity index (χ0n) is 12.8. The van der Waals surface area contributed by atoms with Gasteiger partial charge in [-0.15, -0.1) is 0 Å². The Balaban J connectivity index is 2.04. The number of piperazine rings is 2. The monoisotopic (exact) mass is 317 g/mol. The van der Waals surface area contributed by atoms with Gasteiger partial charge in [-0.25, -0.2) is 8.42 Å². The van der Waals surface area contributed by atoms with Crippen LogP contribution in [0.4, 0.5) is 0 Å². The Bertz CT molecular complexity index is 538. The van der Waals surface area contributed by atoms with Gasteiger partial charge in [-0.05, 0) is 20.8 Å². The summed E-state index contributed by atoms with van der Waals surface area (Å²) in [6.07, 6.45) is 0. The molecule has 120 valence electrons. The summed E-state index contributed by atoms with van der Waals surface area (Å²) in [6, 6.07) is -0.0544. The molecule has 2 fully saturated rings. The second-order valence-electron chi connectivity index (χ2n) is 6.54. The van der Waals surface area contributed by atoms with Crippen molar-refractivity contribution in [1.82, 2.24) is 15.1 Å². The number of rotatable bonds is 3. The van der Waals surface area contributed by atoms with Crippen LogP contribution in [0, 0.1) is 0 Å². The van der Waals surface area contributed by atoms with Crippen LogP contribution in [0.5, 0.6) is 0 Å². The van der Waals surface area contributed by atoms with Crippen LogP contribution in [0.2, 0.25) is 0 Å². The Morgan fingerprint density at radius 3 is 2.52 bits per heavy atom. The minimum Gasteiger partial charge on any atom is -0.331 e. The number of carbonyl (C=O) groups is 2. The summed E-state index contributed by atoms with van der Waals surface area (Å²) < 4.78 is 23.4. The first-order valence-electron chi connectivity index (χ1n) is 7.16. The van der Waals surface area contributed by atoms with Gasteiger partial charge in [0.05, 0.1) is 16.5 Å². The molecule has 21 heavy (non-hydrogen) atoms. The van der Waals surface area contributed by atoms with Crippen LogP contribution < -0.4 is 5.32 Å². The van der Waals surface area contributed by atoms with Gasteiger partial charge in [0.2, 0.25) is 0 Å². The van der Waals surface area contributed by atoms with E-state index in [0.29, 0.717) is 26.2 Å². The van der Waals surface area contributed by atoms with E-state index in [1.807, 2.05) is 0 Å². The van der Waals surface area contributed by atoms with Crippen molar-refractivity contribution in [2.75, 3.05) is 38.5 Å². The number of carbonyl (C=O) groups excluding carboxylic acids is 2. The van der Waals surface area contributed by atoms with Crippen molar-refractivity contribution in [3.05, 3.63) is 0 Å². The van der Waals surface area contributed by atoms with Gasteiger partial charge in [-0.1, -0.05) is 0 Å². The Kier molecular flexibility index (Phi) is 4.30. The molecule has 1 atom stereocenters. The molecule has 2 rings (SSSR count). The predicted octanol–water partition coefficient (Wildman–Crippen LogP) is -1.16. The third-order valence-corrected chi connectivity index (χ3v) is 6.66. The lowest BCUT2D eigenvalue weighted by molar-refractivity contribution is -0.159. The van der Waals surface area contributed by atoms with Crippen molar-refractivity contribution in [1.29, 1.82) is 0 Å². The molecule has 1 N–H and O–H groups in total. The van der Waals surface area contributed by atoms with Crippen LogP contribution in [0.3, 0.4) is 0 Å². The molecule has 0 aromatic heterocycles. The van der Waals surface area contributed by atoms with Crippen LogP contribution in [0.1, 0.15) is 20.8 Å². The van der Waals surface area contributed by atoms with Crippen molar-refractivity contribution in [2.45, 2.75) is 31.6 Å². The standard InChI is InChI=1S/C13H23N3O4S/c1-13(2,3)21(19,20)7-6-15-9-10-8-14-4-5-16(10)12(18)11(15)17/h10,14H,4-9H2,1-3H3. The third kappa shape index (κ3) is 3.21. The molecule has 7 nitrogen and oxygen atoms in total. The van der Waals surface area contributed by atoms with E-state index in [9.17, 15) is 18.0 Å². The molecular weight excluding hydrogens is 294 g/mol. The Labute approximate surface area is 125 Å². The molecule has 0 aromatic rings. The van der Waals surface area contributed by atoms with E-state index >= 15 is 0 Å². The highest BCUT2D eigenvalue weighted by atomic mass is 32.2. The molecule has 0 radical (unpaired) electrons. The first kappa shape index (κ1) is 16.2. The molecule has 0 bridgehead atoms. The van der Waals surface area contributed by atoms with Crippen LogP contribution in [-0.4, -0.2) is 79.3 Å². The normalized spacial score (nSPS) is 24.2. The molecule has 0 spiro atoms. The summed E-state index contributed by atoms with van der Waals surface area (Å²) in [5.41, 5.74) is 0. The number of nitrogens with zero attached hydrogens (tertiary/aromatic N) is 2. The number of hydrogen-bond acceptors (Lipinski definition) is 5. The van der Waals surface area contributed by atoms with Crippen molar-refractivity contribution in [3.63, 3.8) is 0 Å². The molecule has 2 heterocycles. The summed E-state index contributed by atoms with van der Waals surface area (Å²) in [7, 11) is -3.30. The van der Waals surface area contributed by atoms with Gasteiger partial charge in [0.15, 0.2) is 9.84 Å². The van der Waals surface area contributed by atoms with E-state index in [0.717, 1.165) is 0 Å². The Morgan fingerprint density at radius 1 is 1.24 bits per heavy atom. The highest BCUT2D eigenvalue weighted by Crippen LogP contribution is 2.18. The average molecular weight is 317 g/mol. The van der Waals surface area contributed by atoms with Crippen molar-refractivity contribution >= 4 is 21.7 Å². The van der Waals surface area contributed by atoms with Crippen molar-refractivity contribution in [2.24, 2.45) is 0 Å². The average Bonchev–Trinajstić information content (AvgIpc) is 2.40. The third-order valence-electron chi connectivity index (χ3n) is 4.08. The van der Waals surface area contributed by atoms with Crippen LogP contribution in [-0.2, 0) is 19.4 Å². The maximum atomic E-state index is 12.1. The second kappa shape index (κ2) is 5.57. The van der Waals surface area contributed by atoms with E-state index in [4.69, 9.17) is 0 Å². The van der Waals surface area contributed by atoms with Gasteiger partial charge in [-0.2, -0.15) is 0 Å². The smallest absolute Gasteiger partial charge is 0.312 e. The van der Waals surface area contributed by atoms with E-state index in [1.165, 1.54) is 4.90 Å². The zero-order valence-corrected chi connectivity index (χ0v) is 13.6. The fraction of sp³-hybridized carbons (Fsp3) is 0.846. The van der Waals surface area contributed by atoms with Crippen molar-refractivity contribution < 1.29 is 18.0 Å². The molecular formula is C13H23N3O4S. The fourth-order valence-corrected chi connectivity index (χ4v) is 3.59. The quantitative estimate of drug-likeness (QED) is 0.664. The highest BCUT2D eigenvalue weighted by molar-refractivity contribution is 7.92. The summed E-state index contributed by atoms with van der Waals surface area (Å²) in [4.78, 5) is 27.1. The van der Waals surface area contributed by atoms with Gasteiger partial charge >= 0.3 is 11.8 Å². The first-order chi connectivity index (χ1) is 9.63. The predicted molar refractivity (Wildman–Crippen MR) is 78.5 cm³/mol. The molecule has 0 aliphatic carbocycles. The Morgan fingerprint density at radius 2 is 1.90 bits per heavy atom. The largest absolute Gasteiger partial charge is 0.331 e. The van der Waals surface area contributed by atoms with E-state index in [-0.39, 0.29) is 18.3 Å². The van der Waals surface area contributed by atoms with E-state index in [1.54, 1.807) is 25.7 Å². The lowest BCUT2D eigenvalue weighted by Gasteiger charge is -2.43. The summed E-state index contributed by atoms with van der Waals surface area (Å²) >= 11 is 0. The number of amides is 2. The van der Waals surface area contributed by atoms with Gasteiger partial charge in [0, 0.05) is 32.7 Å². The minimum atomic E-state index is -3.30. The van der Waals surface area contributed by atoms with Crippen molar-refractivity contribution in [3.8, 4) is 0 Å². The SMILES string of the molecule is CC(C)(C)S(=O)(=O)CCN1CC2CNCCN2C(=O)C1=O. The second-order valence-corrected chi connectivity index (χ2v) is 9.40. The zero-order chi connectivity index (χ0) is 15.8. The van der Waals surface area contributed by atoms with Crippen LogP contribution in [0.25, 0.3) is 0 Å². The first-order valence-corrected chi connectivity index (χ1v) is 8.81. The van der Waals surface area contributed by atoms with Crippen LogP contribution in [0.15, 0.2) is 0 Å². The number of nitrogens with one attached hydrogen (secondary N) is 1. The number of hydrogen-bond donors (Lipinski definition) is 1. The Hall–Kier alpha value is -1.15. The maximum absolute atomic E-state index is 12.1. The van der Waals surface area contributed by atoms with Gasteiger partial charge in [0.25, 0.3) is 0 Å². The minimum absolute atomic E-state index is 0.0544. The molecule has 0 saturated carbocycles. The molecule has 2 saturated heterocycles. The maximum Gasteiger partial charge on any atom is 0.312 e. The summed E-state index contributed by atoms with van der Waals surface area (Å²) in [5, 5.41) is 3.19. The number of fused-ring (bicyclic) bond motifs is 1. The molecule has 1 unspecified atom stereocenters. The van der Waals surface area contributed by atoms with Gasteiger partial charge in [-0.3, -0.25) is 9.59 Å². The summed E-state index contributed by atoms with van der Waals surface area (Å²) in [6.45, 7) is 7.25. The van der Waals surface area contributed by atoms with E-state index < -0.39 is 26.4 Å². The fourth-order valence-electron chi connectivity index (χ4n) is 2.52. The molecule has 0 aromatic carbocycles. The van der Waals surface area contributed by atoms with E-state index in [2.05, 4.69) is 5.32 Å². The molecule has 8 heteroatoms. The van der Waals surface area contributed by atoms with Gasteiger partial charge < -0.3 is 15.1 Å². The molecule has 2 amide bonds.